The number of aliphatic hydroxyl groups is 3. The Balaban J connectivity index is 1.24. The molecular weight excluding hydrogens is 697 g/mol. The van der Waals surface area contributed by atoms with Crippen LogP contribution in [-0.4, -0.2) is 96.9 Å². The molecule has 0 radical (unpaired) electrons. The van der Waals surface area contributed by atoms with Crippen LogP contribution < -0.4 is 20.3 Å². The minimum atomic E-state index is -0.827. The number of ether oxygens (including phenoxy) is 1. The second-order valence-electron chi connectivity index (χ2n) is 16.8. The lowest BCUT2D eigenvalue weighted by molar-refractivity contribution is -0.180. The van der Waals surface area contributed by atoms with Gasteiger partial charge in [0.05, 0.1) is 45.1 Å². The Bertz CT molecular complexity index is 1800. The van der Waals surface area contributed by atoms with E-state index in [1.807, 2.05) is 85.7 Å². The lowest BCUT2D eigenvalue weighted by atomic mass is 9.45. The van der Waals surface area contributed by atoms with E-state index < -0.39 is 30.2 Å². The summed E-state index contributed by atoms with van der Waals surface area (Å²) >= 11 is 0. The summed E-state index contributed by atoms with van der Waals surface area (Å²) < 4.78 is 6.07. The molecule has 1 aliphatic heterocycles. The Hall–Kier alpha value is -4.00. The zero-order chi connectivity index (χ0) is 39.6. The second-order valence-corrected chi connectivity index (χ2v) is 16.8. The SMILES string of the molecule is COc1c(CN2O[C@@H](CO)[C@@H]([C@H](C)O)[C@H]2CC(=O)N[C@H]2C[C@H]3C[C@@H]([C@@H]2C)C3(C)C)cccc1-c1cc(C(=O)N[C@@H](CO)Cc2ccccc2)cc(N(C)C)c1. The fourth-order valence-corrected chi connectivity index (χ4v) is 9.57. The number of carbonyl (C=O) groups is 2. The molecule has 0 unspecified atom stereocenters. The van der Waals surface area contributed by atoms with Crippen molar-refractivity contribution in [2.45, 2.75) is 90.3 Å². The molecule has 1 heterocycles. The van der Waals surface area contributed by atoms with E-state index in [9.17, 15) is 24.9 Å². The van der Waals surface area contributed by atoms with Crippen molar-refractivity contribution in [1.29, 1.82) is 0 Å². The van der Waals surface area contributed by atoms with E-state index in [1.165, 1.54) is 6.42 Å². The van der Waals surface area contributed by atoms with Crippen LogP contribution in [0.4, 0.5) is 5.69 Å². The standard InChI is InChI=1S/C44H60N4O7/c1-26-36-20-32(44(36,3)4)21-37(26)46-40(52)22-38-41(27(2)51)39(25-50)55-48(38)23-29-14-11-15-35(42(29)54-7)30-17-31(19-34(18-30)47(5)6)43(53)45-33(24-49)16-28-12-9-8-10-13-28/h8-15,17-19,26-27,32-33,36-39,41,49-51H,16,20-25H2,1-7H3,(H,45,53)(H,46,52)/t26-,27-,32+,33+,36-,37-,38+,39-,41-/m0/s1. The van der Waals surface area contributed by atoms with Crippen LogP contribution in [0, 0.1) is 29.1 Å². The lowest BCUT2D eigenvalue weighted by Gasteiger charge is -2.62. The van der Waals surface area contributed by atoms with Crippen LogP contribution in [0.3, 0.4) is 0 Å². The molecule has 0 aromatic heterocycles. The normalized spacial score (nSPS) is 26.8. The van der Waals surface area contributed by atoms with Gasteiger partial charge in [0.15, 0.2) is 0 Å². The van der Waals surface area contributed by atoms with Crippen LogP contribution in [0.5, 0.6) is 5.75 Å². The fraction of sp³-hybridized carbons (Fsp3) is 0.545. The number of nitrogens with one attached hydrogen (secondary N) is 2. The predicted octanol–water partition coefficient (Wildman–Crippen LogP) is 4.81. The summed E-state index contributed by atoms with van der Waals surface area (Å²) in [4.78, 5) is 35.7. The van der Waals surface area contributed by atoms with E-state index in [2.05, 4.69) is 31.4 Å². The summed E-state index contributed by atoms with van der Waals surface area (Å²) in [5.74, 6) is 1.27. The molecule has 9 atom stereocenters. The van der Waals surface area contributed by atoms with Crippen LogP contribution in [0.1, 0.15) is 68.4 Å². The molecule has 11 heteroatoms. The van der Waals surface area contributed by atoms with Gasteiger partial charge in [-0.25, -0.2) is 0 Å². The van der Waals surface area contributed by atoms with Gasteiger partial charge in [0.2, 0.25) is 5.91 Å². The van der Waals surface area contributed by atoms with Crippen LogP contribution in [0.2, 0.25) is 0 Å². The Labute approximate surface area is 326 Å². The highest BCUT2D eigenvalue weighted by atomic mass is 16.7. The number of rotatable bonds is 15. The van der Waals surface area contributed by atoms with Gasteiger partial charge < -0.3 is 35.6 Å². The minimum Gasteiger partial charge on any atom is -0.496 e. The van der Waals surface area contributed by atoms with Crippen molar-refractivity contribution in [3.8, 4) is 16.9 Å². The number of methoxy groups -OCH3 is 1. The van der Waals surface area contributed by atoms with E-state index in [1.54, 1.807) is 19.1 Å². The molecule has 3 aromatic carbocycles. The average Bonchev–Trinajstić information content (AvgIpc) is 3.51. The van der Waals surface area contributed by atoms with E-state index in [0.29, 0.717) is 40.9 Å². The summed E-state index contributed by atoms with van der Waals surface area (Å²) in [7, 11) is 5.43. The van der Waals surface area contributed by atoms with Crippen molar-refractivity contribution < 1.29 is 34.5 Å². The topological polar surface area (TPSA) is 144 Å². The van der Waals surface area contributed by atoms with Crippen molar-refractivity contribution in [3.63, 3.8) is 0 Å². The number of para-hydroxylation sites is 1. The Kier molecular flexibility index (Phi) is 12.6. The number of hydrogen-bond acceptors (Lipinski definition) is 9. The molecule has 3 aromatic rings. The Morgan fingerprint density at radius 2 is 1.80 bits per heavy atom. The second kappa shape index (κ2) is 17.0. The quantitative estimate of drug-likeness (QED) is 0.148. The van der Waals surface area contributed by atoms with E-state index in [0.717, 1.165) is 34.4 Å². The summed E-state index contributed by atoms with van der Waals surface area (Å²) in [6, 6.07) is 20.3. The number of amides is 2. The predicted molar refractivity (Wildman–Crippen MR) is 213 cm³/mol. The number of hydroxylamine groups is 2. The van der Waals surface area contributed by atoms with Gasteiger partial charge in [-0.2, -0.15) is 5.06 Å². The van der Waals surface area contributed by atoms with Gasteiger partial charge in [0.1, 0.15) is 11.9 Å². The maximum absolute atomic E-state index is 13.8. The number of benzene rings is 3. The maximum atomic E-state index is 13.8. The molecule has 3 aliphatic carbocycles. The number of aliphatic hydroxyl groups excluding tert-OH is 3. The zero-order valence-electron chi connectivity index (χ0n) is 33.4. The molecule has 3 saturated carbocycles. The molecular formula is C44H60N4O7. The van der Waals surface area contributed by atoms with Crippen molar-refractivity contribution in [1.82, 2.24) is 15.7 Å². The first-order valence-electron chi connectivity index (χ1n) is 19.7. The lowest BCUT2D eigenvalue weighted by Crippen LogP contribution is -2.61. The van der Waals surface area contributed by atoms with E-state index in [4.69, 9.17) is 9.57 Å². The molecule has 11 nitrogen and oxygen atoms in total. The smallest absolute Gasteiger partial charge is 0.251 e. The van der Waals surface area contributed by atoms with Gasteiger partial charge in [-0.1, -0.05) is 69.3 Å². The molecule has 298 valence electrons. The summed E-state index contributed by atoms with van der Waals surface area (Å²) in [5, 5.41) is 39.5. The van der Waals surface area contributed by atoms with Crippen LogP contribution in [-0.2, 0) is 22.6 Å². The number of hydrogen-bond donors (Lipinski definition) is 5. The zero-order valence-corrected chi connectivity index (χ0v) is 33.4. The van der Waals surface area contributed by atoms with Crippen molar-refractivity contribution in [3.05, 3.63) is 83.4 Å². The molecule has 2 bridgehead atoms. The summed E-state index contributed by atoms with van der Waals surface area (Å²) in [6.45, 7) is 8.34. The molecule has 2 amide bonds. The molecule has 4 fully saturated rings. The van der Waals surface area contributed by atoms with E-state index >= 15 is 0 Å². The highest BCUT2D eigenvalue weighted by Gasteiger charge is 2.56. The minimum absolute atomic E-state index is 0.0852. The van der Waals surface area contributed by atoms with Gasteiger partial charge in [-0.3, -0.25) is 14.4 Å². The first-order chi connectivity index (χ1) is 26.2. The third-order valence-electron chi connectivity index (χ3n) is 12.9. The van der Waals surface area contributed by atoms with Crippen LogP contribution in [0.15, 0.2) is 66.7 Å². The molecule has 0 spiro atoms. The number of nitrogens with zero attached hydrogens (tertiary/aromatic N) is 2. The molecule has 55 heavy (non-hydrogen) atoms. The number of carbonyl (C=O) groups excluding carboxylic acids is 2. The fourth-order valence-electron chi connectivity index (χ4n) is 9.57. The van der Waals surface area contributed by atoms with Gasteiger partial charge in [-0.15, -0.1) is 0 Å². The van der Waals surface area contributed by atoms with Crippen molar-refractivity contribution >= 4 is 17.5 Å². The maximum Gasteiger partial charge on any atom is 0.251 e. The highest BCUT2D eigenvalue weighted by Crippen LogP contribution is 2.61. The summed E-state index contributed by atoms with van der Waals surface area (Å²) in [6.07, 6.45) is 1.28. The largest absolute Gasteiger partial charge is 0.496 e. The highest BCUT2D eigenvalue weighted by molar-refractivity contribution is 5.97. The average molecular weight is 757 g/mol. The van der Waals surface area contributed by atoms with Crippen molar-refractivity contribution in [2.75, 3.05) is 39.3 Å². The molecule has 5 N–H and O–H groups in total. The van der Waals surface area contributed by atoms with Gasteiger partial charge in [0.25, 0.3) is 5.91 Å². The molecule has 7 rings (SSSR count). The first kappa shape index (κ1) is 40.7. The Morgan fingerprint density at radius 3 is 2.42 bits per heavy atom. The van der Waals surface area contributed by atoms with Crippen LogP contribution in [0.25, 0.3) is 11.1 Å². The van der Waals surface area contributed by atoms with Gasteiger partial charge >= 0.3 is 0 Å². The van der Waals surface area contributed by atoms with E-state index in [-0.39, 0.29) is 44.0 Å². The van der Waals surface area contributed by atoms with Crippen molar-refractivity contribution in [2.24, 2.45) is 29.1 Å². The monoisotopic (exact) mass is 756 g/mol. The third kappa shape index (κ3) is 8.56. The van der Waals surface area contributed by atoms with Gasteiger partial charge in [0, 0.05) is 54.9 Å². The summed E-state index contributed by atoms with van der Waals surface area (Å²) in [5.41, 5.74) is 4.87. The Morgan fingerprint density at radius 1 is 1.05 bits per heavy atom. The molecule has 4 aliphatic rings. The first-order valence-corrected chi connectivity index (χ1v) is 19.7. The number of fused-ring (bicyclic) bond motifs is 2. The number of anilines is 1. The third-order valence-corrected chi connectivity index (χ3v) is 12.9. The van der Waals surface area contributed by atoms with Crippen LogP contribution >= 0.6 is 0 Å². The van der Waals surface area contributed by atoms with Gasteiger partial charge in [-0.05, 0) is 78.7 Å². The molecule has 1 saturated heterocycles.